The number of halogens is 2. The summed E-state index contributed by atoms with van der Waals surface area (Å²) in [6.45, 7) is 1.82. The topological polar surface area (TPSA) is 40.6 Å². The van der Waals surface area contributed by atoms with Crippen molar-refractivity contribution in [2.24, 2.45) is 0 Å². The SMILES string of the molecule is O=C(CCN1C(=O)CSC1c1ccc(F)cc1F)N1CCCC1. The number of hydrogen-bond donors (Lipinski definition) is 0. The number of amides is 2. The van der Waals surface area contributed by atoms with Gasteiger partial charge in [-0.25, -0.2) is 8.78 Å². The van der Waals surface area contributed by atoms with E-state index in [0.29, 0.717) is 0 Å². The first kappa shape index (κ1) is 16.2. The molecule has 0 N–H and O–H groups in total. The third kappa shape index (κ3) is 3.49. The van der Waals surface area contributed by atoms with Crippen molar-refractivity contribution in [2.75, 3.05) is 25.4 Å². The molecule has 1 unspecified atom stereocenters. The summed E-state index contributed by atoms with van der Waals surface area (Å²) in [7, 11) is 0. The molecule has 0 aromatic heterocycles. The predicted molar refractivity (Wildman–Crippen MR) is 83.7 cm³/mol. The number of nitrogens with zero attached hydrogens (tertiary/aromatic N) is 2. The van der Waals surface area contributed by atoms with E-state index in [1.807, 2.05) is 0 Å². The normalized spacial score (nSPS) is 21.3. The molecule has 7 heteroatoms. The number of rotatable bonds is 4. The van der Waals surface area contributed by atoms with Gasteiger partial charge in [-0.1, -0.05) is 6.07 Å². The lowest BCUT2D eigenvalue weighted by molar-refractivity contribution is -0.132. The van der Waals surface area contributed by atoms with Gasteiger partial charge in [0.2, 0.25) is 11.8 Å². The Bertz CT molecular complexity index is 620. The van der Waals surface area contributed by atoms with Crippen LogP contribution in [0.4, 0.5) is 8.78 Å². The van der Waals surface area contributed by atoms with E-state index in [9.17, 15) is 18.4 Å². The monoisotopic (exact) mass is 340 g/mol. The third-order valence-corrected chi connectivity index (χ3v) is 5.46. The zero-order valence-electron chi connectivity index (χ0n) is 12.6. The number of hydrogen-bond acceptors (Lipinski definition) is 3. The summed E-state index contributed by atoms with van der Waals surface area (Å²) in [6, 6.07) is 3.39. The number of carbonyl (C=O) groups is 2. The first-order valence-corrected chi connectivity index (χ1v) is 8.75. The maximum absolute atomic E-state index is 14.0. The molecule has 0 saturated carbocycles. The van der Waals surface area contributed by atoms with Crippen molar-refractivity contribution >= 4 is 23.6 Å². The van der Waals surface area contributed by atoms with Crippen LogP contribution >= 0.6 is 11.8 Å². The minimum absolute atomic E-state index is 0.0329. The molecular formula is C16H18F2N2O2S. The highest BCUT2D eigenvalue weighted by Crippen LogP contribution is 2.39. The van der Waals surface area contributed by atoms with Gasteiger partial charge in [-0.05, 0) is 18.9 Å². The lowest BCUT2D eigenvalue weighted by atomic mass is 10.2. The molecule has 0 radical (unpaired) electrons. The van der Waals surface area contributed by atoms with E-state index < -0.39 is 17.0 Å². The van der Waals surface area contributed by atoms with E-state index in [-0.39, 0.29) is 36.1 Å². The van der Waals surface area contributed by atoms with Crippen LogP contribution in [-0.4, -0.2) is 47.0 Å². The van der Waals surface area contributed by atoms with E-state index in [1.54, 1.807) is 4.90 Å². The molecule has 2 saturated heterocycles. The van der Waals surface area contributed by atoms with Crippen LogP contribution in [0.15, 0.2) is 18.2 Å². The molecule has 1 atom stereocenters. The average molecular weight is 340 g/mol. The fourth-order valence-corrected chi connectivity index (χ4v) is 4.24. The van der Waals surface area contributed by atoms with Crippen molar-refractivity contribution in [1.29, 1.82) is 0 Å². The van der Waals surface area contributed by atoms with Crippen LogP contribution in [0.2, 0.25) is 0 Å². The molecule has 4 nitrogen and oxygen atoms in total. The van der Waals surface area contributed by atoms with Gasteiger partial charge in [-0.2, -0.15) is 0 Å². The molecule has 124 valence electrons. The highest BCUT2D eigenvalue weighted by Gasteiger charge is 2.35. The van der Waals surface area contributed by atoms with Gasteiger partial charge in [0.15, 0.2) is 0 Å². The predicted octanol–water partition coefficient (Wildman–Crippen LogP) is 2.55. The van der Waals surface area contributed by atoms with Gasteiger partial charge in [-0.15, -0.1) is 11.8 Å². The van der Waals surface area contributed by atoms with E-state index in [1.165, 1.54) is 28.8 Å². The first-order valence-electron chi connectivity index (χ1n) is 7.70. The second-order valence-electron chi connectivity index (χ2n) is 5.75. The van der Waals surface area contributed by atoms with Crippen LogP contribution in [0.25, 0.3) is 0 Å². The van der Waals surface area contributed by atoms with Crippen molar-refractivity contribution in [1.82, 2.24) is 9.80 Å². The third-order valence-electron chi connectivity index (χ3n) is 4.22. The van der Waals surface area contributed by atoms with Gasteiger partial charge in [0.1, 0.15) is 17.0 Å². The highest BCUT2D eigenvalue weighted by atomic mass is 32.2. The molecule has 0 bridgehead atoms. The zero-order valence-corrected chi connectivity index (χ0v) is 13.5. The Hall–Kier alpha value is -1.63. The van der Waals surface area contributed by atoms with E-state index in [0.717, 1.165) is 32.0 Å². The smallest absolute Gasteiger partial charge is 0.233 e. The maximum Gasteiger partial charge on any atom is 0.233 e. The number of thioether (sulfide) groups is 1. The van der Waals surface area contributed by atoms with Gasteiger partial charge < -0.3 is 9.80 Å². The van der Waals surface area contributed by atoms with Gasteiger partial charge >= 0.3 is 0 Å². The van der Waals surface area contributed by atoms with Crippen LogP contribution in [-0.2, 0) is 9.59 Å². The van der Waals surface area contributed by atoms with Gasteiger partial charge in [0, 0.05) is 37.7 Å². The maximum atomic E-state index is 14.0. The summed E-state index contributed by atoms with van der Waals surface area (Å²) in [5.74, 6) is -1.13. The summed E-state index contributed by atoms with van der Waals surface area (Å²) >= 11 is 1.30. The lowest BCUT2D eigenvalue weighted by Crippen LogP contribution is -2.35. The van der Waals surface area contributed by atoms with Crippen LogP contribution in [0.3, 0.4) is 0 Å². The number of benzene rings is 1. The van der Waals surface area contributed by atoms with Crippen molar-refractivity contribution in [3.05, 3.63) is 35.4 Å². The summed E-state index contributed by atoms with van der Waals surface area (Å²) < 4.78 is 27.0. The first-order chi connectivity index (χ1) is 11.1. The minimum atomic E-state index is -0.659. The minimum Gasteiger partial charge on any atom is -0.343 e. The summed E-state index contributed by atoms with van der Waals surface area (Å²) in [5, 5.41) is -0.491. The Morgan fingerprint density at radius 3 is 2.70 bits per heavy atom. The van der Waals surface area contributed by atoms with Crippen LogP contribution in [0, 0.1) is 11.6 Å². The molecule has 2 aliphatic rings. The Balaban J connectivity index is 1.68. The quantitative estimate of drug-likeness (QED) is 0.846. The van der Waals surface area contributed by atoms with E-state index >= 15 is 0 Å². The Kier molecular flexibility index (Phi) is 4.84. The summed E-state index contributed by atoms with van der Waals surface area (Å²) in [4.78, 5) is 27.5. The molecule has 1 aromatic rings. The van der Waals surface area contributed by atoms with Gasteiger partial charge in [0.05, 0.1) is 5.75 Å². The second-order valence-corrected chi connectivity index (χ2v) is 6.82. The molecule has 2 fully saturated rings. The van der Waals surface area contributed by atoms with Crippen molar-refractivity contribution in [3.63, 3.8) is 0 Å². The Labute approximate surface area is 137 Å². The molecule has 2 aliphatic heterocycles. The van der Waals surface area contributed by atoms with Crippen LogP contribution in [0.5, 0.6) is 0 Å². The van der Waals surface area contributed by atoms with Gasteiger partial charge in [0.25, 0.3) is 0 Å². The molecule has 0 spiro atoms. The van der Waals surface area contributed by atoms with E-state index in [4.69, 9.17) is 0 Å². The number of likely N-dealkylation sites (tertiary alicyclic amines) is 1. The largest absolute Gasteiger partial charge is 0.343 e. The molecule has 1 aromatic carbocycles. The van der Waals surface area contributed by atoms with Crippen LogP contribution < -0.4 is 0 Å². The molecule has 2 heterocycles. The van der Waals surface area contributed by atoms with E-state index in [2.05, 4.69) is 0 Å². The van der Waals surface area contributed by atoms with Crippen molar-refractivity contribution < 1.29 is 18.4 Å². The highest BCUT2D eigenvalue weighted by molar-refractivity contribution is 8.00. The summed E-state index contributed by atoms with van der Waals surface area (Å²) in [6.07, 6.45) is 2.28. The van der Waals surface area contributed by atoms with Gasteiger partial charge in [-0.3, -0.25) is 9.59 Å². The molecule has 23 heavy (non-hydrogen) atoms. The van der Waals surface area contributed by atoms with Crippen molar-refractivity contribution in [2.45, 2.75) is 24.6 Å². The second kappa shape index (κ2) is 6.86. The average Bonchev–Trinajstić information content (AvgIpc) is 3.15. The standard InChI is InChI=1S/C16H18F2N2O2S/c17-11-3-4-12(13(18)9-11)16-20(15(22)10-23-16)8-5-14(21)19-6-1-2-7-19/h3-4,9,16H,1-2,5-8,10H2. The Morgan fingerprint density at radius 1 is 1.26 bits per heavy atom. The van der Waals surface area contributed by atoms with Crippen molar-refractivity contribution in [3.8, 4) is 0 Å². The fraction of sp³-hybridized carbons (Fsp3) is 0.500. The Morgan fingerprint density at radius 2 is 2.00 bits per heavy atom. The molecule has 3 rings (SSSR count). The lowest BCUT2D eigenvalue weighted by Gasteiger charge is -2.25. The molecule has 2 amide bonds. The zero-order chi connectivity index (χ0) is 16.4. The van der Waals surface area contributed by atoms with Crippen LogP contribution in [0.1, 0.15) is 30.2 Å². The number of carbonyl (C=O) groups excluding carboxylic acids is 2. The molecule has 0 aliphatic carbocycles. The molecular weight excluding hydrogens is 322 g/mol. The summed E-state index contributed by atoms with van der Waals surface area (Å²) in [5.41, 5.74) is 0.288. The fourth-order valence-electron chi connectivity index (χ4n) is 3.00.